The van der Waals surface area contributed by atoms with E-state index in [0.717, 1.165) is 17.7 Å². The number of hydrogen-bond donors (Lipinski definition) is 1. The second-order valence-electron chi connectivity index (χ2n) is 9.01. The van der Waals surface area contributed by atoms with Crippen LogP contribution in [0.3, 0.4) is 0 Å². The van der Waals surface area contributed by atoms with Crippen LogP contribution in [-0.4, -0.2) is 13.4 Å². The third kappa shape index (κ3) is 6.74. The van der Waals surface area contributed by atoms with Gasteiger partial charge in [0, 0.05) is 22.7 Å². The molecule has 1 atom stereocenters. The van der Waals surface area contributed by atoms with Crippen LogP contribution in [0.25, 0.3) is 0 Å². The Morgan fingerprint density at radius 3 is 2.08 bits per heavy atom. The zero-order chi connectivity index (χ0) is 27.6. The largest absolute Gasteiger partial charge is 0.416 e. The molecule has 0 radical (unpaired) electrons. The van der Waals surface area contributed by atoms with E-state index in [-0.39, 0.29) is 27.7 Å². The van der Waals surface area contributed by atoms with Gasteiger partial charge in [-0.25, -0.2) is 8.42 Å². The molecule has 4 aromatic rings. The molecule has 4 rings (SSSR count). The van der Waals surface area contributed by atoms with Gasteiger partial charge in [0.25, 0.3) is 0 Å². The number of hydrogen-bond acceptors (Lipinski definition) is 3. The highest BCUT2D eigenvalue weighted by molar-refractivity contribution is 7.88. The van der Waals surface area contributed by atoms with Crippen molar-refractivity contribution in [3.63, 3.8) is 0 Å². The summed E-state index contributed by atoms with van der Waals surface area (Å²) in [4.78, 5) is 4.48. The van der Waals surface area contributed by atoms with E-state index >= 15 is 0 Å². The fraction of sp³-hybridized carbons (Fsp3) is 0.179. The predicted octanol–water partition coefficient (Wildman–Crippen LogP) is 7.32. The van der Waals surface area contributed by atoms with E-state index in [1.54, 1.807) is 48.7 Å². The van der Waals surface area contributed by atoms with Gasteiger partial charge in [-0.1, -0.05) is 71.7 Å². The van der Waals surface area contributed by atoms with Gasteiger partial charge in [-0.05, 0) is 65.6 Å². The fourth-order valence-electron chi connectivity index (χ4n) is 4.29. The maximum Gasteiger partial charge on any atom is 0.416 e. The van der Waals surface area contributed by atoms with E-state index in [9.17, 15) is 21.6 Å². The summed E-state index contributed by atoms with van der Waals surface area (Å²) in [6.07, 6.45) is -3.08. The van der Waals surface area contributed by atoms with Gasteiger partial charge < -0.3 is 0 Å². The molecule has 0 aliphatic carbocycles. The van der Waals surface area contributed by atoms with Crippen molar-refractivity contribution in [1.82, 2.24) is 9.71 Å². The summed E-state index contributed by atoms with van der Waals surface area (Å²) in [5.41, 5.74) is -0.398. The minimum atomic E-state index is -4.63. The molecule has 0 spiro atoms. The lowest BCUT2D eigenvalue weighted by atomic mass is 9.81. The molecule has 0 saturated heterocycles. The fourth-order valence-corrected chi connectivity index (χ4v) is 6.36. The topological polar surface area (TPSA) is 59.1 Å². The number of aryl methyl sites for hydroxylation is 1. The summed E-state index contributed by atoms with van der Waals surface area (Å²) in [6.45, 7) is 1.81. The summed E-state index contributed by atoms with van der Waals surface area (Å²) in [5.74, 6) is -0.505. The summed E-state index contributed by atoms with van der Waals surface area (Å²) >= 11 is 12.1. The Hall–Kier alpha value is -2.91. The molecule has 0 aliphatic heterocycles. The van der Waals surface area contributed by atoms with E-state index in [1.165, 1.54) is 30.3 Å². The van der Waals surface area contributed by atoms with Crippen LogP contribution in [0.5, 0.6) is 0 Å². The van der Waals surface area contributed by atoms with Crippen LogP contribution < -0.4 is 4.72 Å². The minimum absolute atomic E-state index is 0.000738. The number of halogens is 5. The molecular weight excluding hydrogens is 556 g/mol. The molecule has 10 heteroatoms. The number of alkyl halides is 3. The first-order chi connectivity index (χ1) is 17.9. The van der Waals surface area contributed by atoms with Gasteiger partial charge in [-0.15, -0.1) is 0 Å². The van der Waals surface area contributed by atoms with E-state index in [0.29, 0.717) is 11.1 Å². The first-order valence-electron chi connectivity index (χ1n) is 11.5. The van der Waals surface area contributed by atoms with Crippen LogP contribution in [0.4, 0.5) is 13.2 Å². The number of nitrogens with one attached hydrogen (secondary N) is 1. The Bertz CT molecular complexity index is 1510. The van der Waals surface area contributed by atoms with Crippen LogP contribution in [0, 0.1) is 6.92 Å². The zero-order valence-electron chi connectivity index (χ0n) is 20.1. The van der Waals surface area contributed by atoms with E-state index in [4.69, 9.17) is 23.2 Å². The highest BCUT2D eigenvalue weighted by Crippen LogP contribution is 2.37. The van der Waals surface area contributed by atoms with Gasteiger partial charge in [-0.2, -0.15) is 17.9 Å². The van der Waals surface area contributed by atoms with Gasteiger partial charge >= 0.3 is 6.18 Å². The molecule has 1 heterocycles. The number of benzene rings is 3. The maximum atomic E-state index is 13.8. The number of sulfonamides is 1. The predicted molar refractivity (Wildman–Crippen MR) is 144 cm³/mol. The Kier molecular flexibility index (Phi) is 8.18. The highest BCUT2D eigenvalue weighted by atomic mass is 35.5. The van der Waals surface area contributed by atoms with Crippen molar-refractivity contribution >= 4 is 33.2 Å². The smallest absolute Gasteiger partial charge is 0.259 e. The van der Waals surface area contributed by atoms with Gasteiger partial charge in [0.2, 0.25) is 10.0 Å². The highest BCUT2D eigenvalue weighted by Gasteiger charge is 2.41. The van der Waals surface area contributed by atoms with Crippen molar-refractivity contribution in [2.75, 3.05) is 0 Å². The average Bonchev–Trinajstić information content (AvgIpc) is 2.83. The molecule has 0 amide bonds. The lowest BCUT2D eigenvalue weighted by Gasteiger charge is -2.35. The molecule has 198 valence electrons. The molecule has 0 aliphatic rings. The number of pyridine rings is 1. The second-order valence-corrected chi connectivity index (χ2v) is 11.6. The Labute approximate surface area is 229 Å². The van der Waals surface area contributed by atoms with E-state index in [1.807, 2.05) is 6.92 Å². The molecule has 4 nitrogen and oxygen atoms in total. The van der Waals surface area contributed by atoms with Crippen LogP contribution in [0.2, 0.25) is 10.0 Å². The lowest BCUT2D eigenvalue weighted by Crippen LogP contribution is -2.49. The van der Waals surface area contributed by atoms with Crippen molar-refractivity contribution in [2.45, 2.75) is 30.8 Å². The molecule has 1 unspecified atom stereocenters. The first-order valence-corrected chi connectivity index (χ1v) is 13.9. The van der Waals surface area contributed by atoms with Crippen molar-refractivity contribution in [3.8, 4) is 0 Å². The maximum absolute atomic E-state index is 13.8. The molecule has 38 heavy (non-hydrogen) atoms. The molecule has 1 N–H and O–H groups in total. The van der Waals surface area contributed by atoms with Crippen molar-refractivity contribution in [2.24, 2.45) is 0 Å². The van der Waals surface area contributed by atoms with Crippen molar-refractivity contribution < 1.29 is 21.6 Å². The average molecular weight is 579 g/mol. The summed E-state index contributed by atoms with van der Waals surface area (Å²) in [7, 11) is -4.19. The second kappa shape index (κ2) is 11.1. The molecule has 1 aromatic heterocycles. The Morgan fingerprint density at radius 2 is 1.47 bits per heavy atom. The normalized spacial score (nSPS) is 13.7. The third-order valence-electron chi connectivity index (χ3n) is 5.95. The molecular formula is C28H23Cl2F3N2O2S. The van der Waals surface area contributed by atoms with Gasteiger partial charge in [0.15, 0.2) is 0 Å². The molecule has 0 saturated carbocycles. The van der Waals surface area contributed by atoms with Crippen molar-refractivity contribution in [3.05, 3.63) is 135 Å². The monoisotopic (exact) mass is 578 g/mol. The molecule has 0 fully saturated rings. The number of aromatic nitrogens is 1. The van der Waals surface area contributed by atoms with E-state index in [2.05, 4.69) is 9.71 Å². The first kappa shape index (κ1) is 28.1. The van der Waals surface area contributed by atoms with E-state index < -0.39 is 33.1 Å². The van der Waals surface area contributed by atoms with Gasteiger partial charge in [0.05, 0.1) is 17.0 Å². The van der Waals surface area contributed by atoms with Gasteiger partial charge in [-0.3, -0.25) is 4.98 Å². The van der Waals surface area contributed by atoms with Crippen LogP contribution >= 0.6 is 23.2 Å². The van der Waals surface area contributed by atoms with Gasteiger partial charge in [0.1, 0.15) is 5.54 Å². The standard InChI is InChI=1S/C28H23Cl2F3N2O2S/c1-19-10-11-26(34-17-19)27(16-20-6-3-2-4-7-20,22-8-5-9-23(14-22)28(31,32)33)35-38(36,37)18-21-12-24(29)15-25(30)13-21/h2-15,17,35H,16,18H2,1H3. The Morgan fingerprint density at radius 1 is 0.816 bits per heavy atom. The summed E-state index contributed by atoms with van der Waals surface area (Å²) in [6, 6.07) is 21.3. The summed E-state index contributed by atoms with van der Waals surface area (Å²) < 4.78 is 71.4. The molecule has 0 bridgehead atoms. The minimum Gasteiger partial charge on any atom is -0.259 e. The SMILES string of the molecule is Cc1ccc(C(Cc2ccccc2)(NS(=O)(=O)Cc2cc(Cl)cc(Cl)c2)c2cccc(C(F)(F)F)c2)nc1. The van der Waals surface area contributed by atoms with Crippen LogP contribution in [0.1, 0.15) is 33.5 Å². The zero-order valence-corrected chi connectivity index (χ0v) is 22.5. The van der Waals surface area contributed by atoms with Crippen LogP contribution in [-0.2, 0) is 33.9 Å². The van der Waals surface area contributed by atoms with Crippen molar-refractivity contribution in [1.29, 1.82) is 0 Å². The molecule has 3 aromatic carbocycles. The quantitative estimate of drug-likeness (QED) is 0.238. The lowest BCUT2D eigenvalue weighted by molar-refractivity contribution is -0.137. The third-order valence-corrected chi connectivity index (χ3v) is 7.76. The summed E-state index contributed by atoms with van der Waals surface area (Å²) in [5, 5.41) is 0.521. The number of nitrogens with zero attached hydrogens (tertiary/aromatic N) is 1. The Balaban J connectivity index is 1.93. The number of rotatable bonds is 8. The van der Waals surface area contributed by atoms with Crippen LogP contribution in [0.15, 0.2) is 91.1 Å².